The summed E-state index contributed by atoms with van der Waals surface area (Å²) in [5.74, 6) is 2.93. The topological polar surface area (TPSA) is 98.4 Å². The number of aromatic amines is 2. The van der Waals surface area contributed by atoms with Crippen LogP contribution in [0.25, 0.3) is 11.2 Å². The van der Waals surface area contributed by atoms with Crippen molar-refractivity contribution in [2.24, 2.45) is 5.92 Å². The number of anilines is 3. The van der Waals surface area contributed by atoms with Gasteiger partial charge < -0.3 is 15.2 Å². The van der Waals surface area contributed by atoms with E-state index in [9.17, 15) is 0 Å². The van der Waals surface area contributed by atoms with Crippen molar-refractivity contribution in [3.05, 3.63) is 18.1 Å². The number of nitrogens with zero attached hydrogens (tertiary/aromatic N) is 5. The van der Waals surface area contributed by atoms with Gasteiger partial charge in [0.15, 0.2) is 17.3 Å². The average Bonchev–Trinajstić information content (AvgIpc) is 3.17. The zero-order valence-electron chi connectivity index (χ0n) is 13.3. The maximum absolute atomic E-state index is 4.70. The van der Waals surface area contributed by atoms with Crippen LogP contribution in [0.5, 0.6) is 0 Å². The Kier molecular flexibility index (Phi) is 3.36. The molecule has 0 bridgehead atoms. The Balaban J connectivity index is 1.69. The summed E-state index contributed by atoms with van der Waals surface area (Å²) in [7, 11) is 0. The van der Waals surface area contributed by atoms with Crippen molar-refractivity contribution in [1.82, 2.24) is 30.1 Å². The maximum atomic E-state index is 4.70. The summed E-state index contributed by atoms with van der Waals surface area (Å²) in [5, 5.41) is 10.4. The fourth-order valence-corrected chi connectivity index (χ4v) is 2.87. The molecule has 1 aliphatic rings. The van der Waals surface area contributed by atoms with Crippen LogP contribution in [-0.2, 0) is 0 Å². The number of fused-ring (bicyclic) bond motifs is 1. The first kappa shape index (κ1) is 14.0. The monoisotopic (exact) mass is 312 g/mol. The van der Waals surface area contributed by atoms with Gasteiger partial charge in [-0.15, -0.1) is 0 Å². The Morgan fingerprint density at radius 1 is 1.26 bits per heavy atom. The van der Waals surface area contributed by atoms with Gasteiger partial charge in [0.25, 0.3) is 0 Å². The van der Waals surface area contributed by atoms with Gasteiger partial charge in [-0.2, -0.15) is 15.1 Å². The minimum atomic E-state index is 0.670. The number of aromatic nitrogens is 6. The Labute approximate surface area is 133 Å². The zero-order valence-corrected chi connectivity index (χ0v) is 13.3. The van der Waals surface area contributed by atoms with Crippen LogP contribution in [-0.4, -0.2) is 43.2 Å². The number of piperidine rings is 1. The Bertz CT molecular complexity index is 812. The smallest absolute Gasteiger partial charge is 0.229 e. The van der Waals surface area contributed by atoms with Crippen molar-refractivity contribution >= 4 is 28.7 Å². The van der Waals surface area contributed by atoms with Gasteiger partial charge in [-0.25, -0.2) is 4.98 Å². The molecule has 0 saturated carbocycles. The lowest BCUT2D eigenvalue weighted by molar-refractivity contribution is 0.435. The standard InChI is InChI=1S/C15H20N8/c1-9-3-5-23(6-4-9)15-19-13-12(16-8-17-13)14(20-15)18-11-7-10(2)21-22-11/h7-9H,3-6H2,1-2H3,(H3,16,17,18,19,20,21,22). The number of hydrogen-bond donors (Lipinski definition) is 3. The number of nitrogens with one attached hydrogen (secondary N) is 3. The summed E-state index contributed by atoms with van der Waals surface area (Å²) in [6, 6.07) is 1.94. The fourth-order valence-electron chi connectivity index (χ4n) is 2.87. The third-order valence-electron chi connectivity index (χ3n) is 4.29. The first-order valence-corrected chi connectivity index (χ1v) is 7.94. The molecule has 3 aromatic heterocycles. The van der Waals surface area contributed by atoms with E-state index in [1.54, 1.807) is 6.33 Å². The number of rotatable bonds is 3. The van der Waals surface area contributed by atoms with E-state index in [2.05, 4.69) is 42.3 Å². The van der Waals surface area contributed by atoms with Crippen LogP contribution in [0.2, 0.25) is 0 Å². The molecule has 0 aliphatic carbocycles. The lowest BCUT2D eigenvalue weighted by atomic mass is 10.00. The highest BCUT2D eigenvalue weighted by Gasteiger charge is 2.20. The minimum Gasteiger partial charge on any atom is -0.341 e. The van der Waals surface area contributed by atoms with Gasteiger partial charge >= 0.3 is 0 Å². The molecular formula is C15H20N8. The summed E-state index contributed by atoms with van der Waals surface area (Å²) in [6.45, 7) is 6.22. The minimum absolute atomic E-state index is 0.670. The molecule has 1 fully saturated rings. The molecule has 3 N–H and O–H groups in total. The van der Waals surface area contributed by atoms with Crippen LogP contribution < -0.4 is 10.2 Å². The van der Waals surface area contributed by atoms with Crippen LogP contribution in [0.15, 0.2) is 12.4 Å². The molecule has 8 nitrogen and oxygen atoms in total. The van der Waals surface area contributed by atoms with Gasteiger partial charge in [-0.05, 0) is 25.7 Å². The first-order chi connectivity index (χ1) is 11.2. The molecule has 0 atom stereocenters. The molecule has 4 heterocycles. The summed E-state index contributed by atoms with van der Waals surface area (Å²) in [5.41, 5.74) is 2.45. The normalized spacial score (nSPS) is 16.2. The molecule has 0 amide bonds. The van der Waals surface area contributed by atoms with Crippen molar-refractivity contribution in [2.75, 3.05) is 23.3 Å². The van der Waals surface area contributed by atoms with Crippen molar-refractivity contribution < 1.29 is 0 Å². The van der Waals surface area contributed by atoms with Crippen LogP contribution in [0.1, 0.15) is 25.5 Å². The number of aryl methyl sites for hydroxylation is 1. The summed E-state index contributed by atoms with van der Waals surface area (Å²) < 4.78 is 0. The third kappa shape index (κ3) is 2.71. The van der Waals surface area contributed by atoms with Gasteiger partial charge in [0.2, 0.25) is 5.95 Å². The SMILES string of the molecule is Cc1cc(Nc2nc(N3CCC(C)CC3)nc3nc[nH]c23)n[nH]1. The Morgan fingerprint density at radius 3 is 2.83 bits per heavy atom. The van der Waals surface area contributed by atoms with E-state index in [1.165, 1.54) is 12.8 Å². The molecule has 23 heavy (non-hydrogen) atoms. The molecule has 0 unspecified atom stereocenters. The largest absolute Gasteiger partial charge is 0.341 e. The van der Waals surface area contributed by atoms with E-state index in [1.807, 2.05) is 13.0 Å². The zero-order chi connectivity index (χ0) is 15.8. The highest BCUT2D eigenvalue weighted by molar-refractivity contribution is 5.85. The molecular weight excluding hydrogens is 292 g/mol. The van der Waals surface area contributed by atoms with Crippen LogP contribution in [0.4, 0.5) is 17.6 Å². The van der Waals surface area contributed by atoms with E-state index in [0.717, 1.165) is 42.0 Å². The first-order valence-electron chi connectivity index (χ1n) is 7.94. The Hall–Kier alpha value is -2.64. The highest BCUT2D eigenvalue weighted by atomic mass is 15.3. The van der Waals surface area contributed by atoms with Crippen molar-refractivity contribution in [3.8, 4) is 0 Å². The van der Waals surface area contributed by atoms with E-state index in [4.69, 9.17) is 4.98 Å². The lowest BCUT2D eigenvalue weighted by Gasteiger charge is -2.30. The molecule has 8 heteroatoms. The molecule has 0 spiro atoms. The summed E-state index contributed by atoms with van der Waals surface area (Å²) >= 11 is 0. The number of imidazole rings is 1. The second kappa shape index (κ2) is 5.53. The van der Waals surface area contributed by atoms with Crippen LogP contribution in [0.3, 0.4) is 0 Å². The molecule has 3 aromatic rings. The maximum Gasteiger partial charge on any atom is 0.229 e. The average molecular weight is 312 g/mol. The predicted octanol–water partition coefficient (Wildman–Crippen LogP) is 2.36. The van der Waals surface area contributed by atoms with E-state index >= 15 is 0 Å². The van der Waals surface area contributed by atoms with Crippen LogP contribution >= 0.6 is 0 Å². The van der Waals surface area contributed by atoms with E-state index in [-0.39, 0.29) is 0 Å². The highest BCUT2D eigenvalue weighted by Crippen LogP contribution is 2.26. The second-order valence-corrected chi connectivity index (χ2v) is 6.20. The summed E-state index contributed by atoms with van der Waals surface area (Å²) in [4.78, 5) is 18.9. The van der Waals surface area contributed by atoms with Crippen molar-refractivity contribution in [1.29, 1.82) is 0 Å². The second-order valence-electron chi connectivity index (χ2n) is 6.20. The quantitative estimate of drug-likeness (QED) is 0.687. The fraction of sp³-hybridized carbons (Fsp3) is 0.467. The summed E-state index contributed by atoms with van der Waals surface area (Å²) in [6.07, 6.45) is 3.98. The number of H-pyrrole nitrogens is 2. The van der Waals surface area contributed by atoms with E-state index in [0.29, 0.717) is 11.5 Å². The molecule has 4 rings (SSSR count). The van der Waals surface area contributed by atoms with Gasteiger partial charge in [-0.3, -0.25) is 5.10 Å². The lowest BCUT2D eigenvalue weighted by Crippen LogP contribution is -2.34. The van der Waals surface area contributed by atoms with Crippen molar-refractivity contribution in [2.45, 2.75) is 26.7 Å². The van der Waals surface area contributed by atoms with Gasteiger partial charge in [0.05, 0.1) is 6.33 Å². The van der Waals surface area contributed by atoms with Gasteiger partial charge in [-0.1, -0.05) is 6.92 Å². The molecule has 0 aromatic carbocycles. The van der Waals surface area contributed by atoms with Crippen LogP contribution in [0, 0.1) is 12.8 Å². The number of hydrogen-bond acceptors (Lipinski definition) is 6. The van der Waals surface area contributed by atoms with Gasteiger partial charge in [0, 0.05) is 24.8 Å². The third-order valence-corrected chi connectivity index (χ3v) is 4.29. The Morgan fingerprint density at radius 2 is 2.09 bits per heavy atom. The van der Waals surface area contributed by atoms with Crippen molar-refractivity contribution in [3.63, 3.8) is 0 Å². The van der Waals surface area contributed by atoms with E-state index < -0.39 is 0 Å². The molecule has 1 aliphatic heterocycles. The molecule has 0 radical (unpaired) electrons. The predicted molar refractivity (Wildman–Crippen MR) is 88.9 cm³/mol. The van der Waals surface area contributed by atoms with Gasteiger partial charge in [0.1, 0.15) is 5.52 Å². The molecule has 120 valence electrons. The molecule has 1 saturated heterocycles.